The van der Waals surface area contributed by atoms with Crippen molar-refractivity contribution in [1.82, 2.24) is 15.2 Å². The third-order valence-corrected chi connectivity index (χ3v) is 3.28. The maximum atomic E-state index is 13.5. The van der Waals surface area contributed by atoms with Gasteiger partial charge in [0, 0.05) is 38.6 Å². The molecule has 0 unspecified atom stereocenters. The van der Waals surface area contributed by atoms with Crippen LogP contribution in [0.2, 0.25) is 0 Å². The third kappa shape index (κ3) is 5.24. The van der Waals surface area contributed by atoms with Gasteiger partial charge >= 0.3 is 0 Å². The van der Waals surface area contributed by atoms with Gasteiger partial charge in [0.25, 0.3) is 0 Å². The van der Waals surface area contributed by atoms with Gasteiger partial charge in [-0.15, -0.1) is 0 Å². The quantitative estimate of drug-likeness (QED) is 0.609. The molecule has 0 fully saturated rings. The van der Waals surface area contributed by atoms with Crippen molar-refractivity contribution in [1.29, 1.82) is 0 Å². The number of hydrogen-bond donors (Lipinski definition) is 2. The Balaban J connectivity index is 1.80. The molecule has 2 aromatic rings. The van der Waals surface area contributed by atoms with Crippen LogP contribution in [-0.2, 0) is 13.0 Å². The fourth-order valence-electron chi connectivity index (χ4n) is 2.15. The first-order valence-electron chi connectivity index (χ1n) is 7.66. The molecule has 0 saturated heterocycles. The molecule has 1 aromatic carbocycles. The van der Waals surface area contributed by atoms with Gasteiger partial charge in [-0.2, -0.15) is 0 Å². The van der Waals surface area contributed by atoms with E-state index in [4.69, 9.17) is 0 Å². The minimum absolute atomic E-state index is 0.164. The van der Waals surface area contributed by atoms with E-state index in [1.807, 2.05) is 37.5 Å². The maximum absolute atomic E-state index is 13.5. The van der Waals surface area contributed by atoms with Crippen LogP contribution in [-0.4, -0.2) is 30.2 Å². The summed E-state index contributed by atoms with van der Waals surface area (Å²) in [5.74, 6) is 0.606. The summed E-state index contributed by atoms with van der Waals surface area (Å²) in [6.07, 6.45) is 4.66. The normalized spacial score (nSPS) is 11.5. The molecular formula is C17H23FN4. The van der Waals surface area contributed by atoms with Crippen molar-refractivity contribution < 1.29 is 4.39 Å². The largest absolute Gasteiger partial charge is 0.357 e. The Bertz CT molecular complexity index is 578. The lowest BCUT2D eigenvalue weighted by Crippen LogP contribution is -2.39. The average Bonchev–Trinajstić information content (AvgIpc) is 3.02. The fraction of sp³-hybridized carbons (Fsp3) is 0.353. The van der Waals surface area contributed by atoms with Crippen LogP contribution in [0.4, 0.5) is 4.39 Å². The van der Waals surface area contributed by atoms with Gasteiger partial charge in [-0.3, -0.25) is 4.99 Å². The van der Waals surface area contributed by atoms with Crippen LogP contribution >= 0.6 is 0 Å². The van der Waals surface area contributed by atoms with Crippen molar-refractivity contribution in [2.24, 2.45) is 4.99 Å². The number of rotatable bonds is 7. The van der Waals surface area contributed by atoms with Crippen LogP contribution in [0, 0.1) is 5.82 Å². The Morgan fingerprint density at radius 2 is 1.91 bits per heavy atom. The maximum Gasteiger partial charge on any atom is 0.191 e. The van der Waals surface area contributed by atoms with Crippen molar-refractivity contribution in [2.45, 2.75) is 19.9 Å². The molecule has 0 spiro atoms. The van der Waals surface area contributed by atoms with Crippen LogP contribution in [0.25, 0.3) is 0 Å². The lowest BCUT2D eigenvalue weighted by molar-refractivity contribution is 0.609. The Morgan fingerprint density at radius 1 is 1.14 bits per heavy atom. The second kappa shape index (κ2) is 8.87. The number of hydrogen-bond acceptors (Lipinski definition) is 1. The minimum atomic E-state index is -0.164. The van der Waals surface area contributed by atoms with Crippen LogP contribution in [0.5, 0.6) is 0 Å². The summed E-state index contributed by atoms with van der Waals surface area (Å²) in [7, 11) is 0. The number of aromatic nitrogens is 1. The van der Waals surface area contributed by atoms with Crippen LogP contribution in [0.1, 0.15) is 12.5 Å². The molecule has 0 atom stereocenters. The average molecular weight is 302 g/mol. The monoisotopic (exact) mass is 302 g/mol. The lowest BCUT2D eigenvalue weighted by atomic mass is 10.1. The molecule has 0 amide bonds. The zero-order valence-corrected chi connectivity index (χ0v) is 12.9. The molecule has 0 radical (unpaired) electrons. The summed E-state index contributed by atoms with van der Waals surface area (Å²) in [6.45, 7) is 5.06. The van der Waals surface area contributed by atoms with Gasteiger partial charge in [0.15, 0.2) is 5.96 Å². The molecule has 2 N–H and O–H groups in total. The highest BCUT2D eigenvalue weighted by Crippen LogP contribution is 2.06. The van der Waals surface area contributed by atoms with E-state index in [0.29, 0.717) is 18.5 Å². The predicted molar refractivity (Wildman–Crippen MR) is 88.5 cm³/mol. The van der Waals surface area contributed by atoms with Crippen molar-refractivity contribution >= 4 is 5.96 Å². The first kappa shape index (κ1) is 16.1. The van der Waals surface area contributed by atoms with Gasteiger partial charge < -0.3 is 15.2 Å². The third-order valence-electron chi connectivity index (χ3n) is 3.28. The SMILES string of the molecule is CCNC(=NCCc1ccccc1F)NCCn1cccc1. The standard InChI is InChI=1S/C17H23FN4/c1-2-19-17(21-11-14-22-12-5-6-13-22)20-10-9-15-7-3-4-8-16(15)18/h3-8,12-13H,2,9-11,14H2,1H3,(H2,19,20,21). The zero-order valence-electron chi connectivity index (χ0n) is 12.9. The minimum Gasteiger partial charge on any atom is -0.357 e. The van der Waals surface area contributed by atoms with Gasteiger partial charge in [-0.25, -0.2) is 4.39 Å². The van der Waals surface area contributed by atoms with Crippen molar-refractivity contribution in [3.63, 3.8) is 0 Å². The lowest BCUT2D eigenvalue weighted by Gasteiger charge is -2.11. The van der Waals surface area contributed by atoms with E-state index in [9.17, 15) is 4.39 Å². The molecular weight excluding hydrogens is 279 g/mol. The van der Waals surface area contributed by atoms with Gasteiger partial charge in [0.1, 0.15) is 5.82 Å². The molecule has 0 bridgehead atoms. The van der Waals surface area contributed by atoms with E-state index in [1.165, 1.54) is 6.07 Å². The molecule has 0 aliphatic rings. The smallest absolute Gasteiger partial charge is 0.191 e. The summed E-state index contributed by atoms with van der Waals surface area (Å²) < 4.78 is 15.6. The van der Waals surface area contributed by atoms with Crippen molar-refractivity contribution in [3.05, 3.63) is 60.2 Å². The van der Waals surface area contributed by atoms with Crippen LogP contribution in [0.15, 0.2) is 53.8 Å². The number of nitrogens with zero attached hydrogens (tertiary/aromatic N) is 2. The first-order valence-corrected chi connectivity index (χ1v) is 7.66. The van der Waals surface area contributed by atoms with E-state index >= 15 is 0 Å². The molecule has 0 aliphatic carbocycles. The van der Waals surface area contributed by atoms with Crippen molar-refractivity contribution in [3.8, 4) is 0 Å². The summed E-state index contributed by atoms with van der Waals surface area (Å²) in [5, 5.41) is 6.48. The molecule has 5 heteroatoms. The fourth-order valence-corrected chi connectivity index (χ4v) is 2.15. The number of guanidine groups is 1. The molecule has 1 heterocycles. The molecule has 22 heavy (non-hydrogen) atoms. The van der Waals surface area contributed by atoms with Gasteiger partial charge in [0.2, 0.25) is 0 Å². The van der Waals surface area contributed by atoms with Crippen LogP contribution in [0.3, 0.4) is 0 Å². The Kier molecular flexibility index (Phi) is 6.48. The van der Waals surface area contributed by atoms with E-state index in [1.54, 1.807) is 12.1 Å². The second-order valence-electron chi connectivity index (χ2n) is 4.95. The molecule has 0 saturated carbocycles. The number of nitrogens with one attached hydrogen (secondary N) is 2. The highest BCUT2D eigenvalue weighted by molar-refractivity contribution is 5.79. The second-order valence-corrected chi connectivity index (χ2v) is 4.95. The number of halogens is 1. The summed E-state index contributed by atoms with van der Waals surface area (Å²) in [4.78, 5) is 4.49. The van der Waals surface area contributed by atoms with E-state index in [-0.39, 0.29) is 5.82 Å². The molecule has 0 aliphatic heterocycles. The predicted octanol–water partition coefficient (Wildman–Crippen LogP) is 2.43. The summed E-state index contributed by atoms with van der Waals surface area (Å²) in [6, 6.07) is 10.9. The molecule has 2 rings (SSSR count). The van der Waals surface area contributed by atoms with E-state index in [0.717, 1.165) is 25.6 Å². The topological polar surface area (TPSA) is 41.4 Å². The highest BCUT2D eigenvalue weighted by atomic mass is 19.1. The molecule has 4 nitrogen and oxygen atoms in total. The zero-order chi connectivity index (χ0) is 15.6. The Hall–Kier alpha value is -2.30. The van der Waals surface area contributed by atoms with Gasteiger partial charge in [0.05, 0.1) is 0 Å². The Labute approximate surface area is 131 Å². The van der Waals surface area contributed by atoms with Crippen molar-refractivity contribution in [2.75, 3.05) is 19.6 Å². The first-order chi connectivity index (χ1) is 10.8. The number of aliphatic imine (C=N–C) groups is 1. The summed E-state index contributed by atoms with van der Waals surface area (Å²) in [5.41, 5.74) is 0.703. The van der Waals surface area contributed by atoms with E-state index < -0.39 is 0 Å². The van der Waals surface area contributed by atoms with Gasteiger partial charge in [-0.05, 0) is 37.1 Å². The van der Waals surface area contributed by atoms with Gasteiger partial charge in [-0.1, -0.05) is 18.2 Å². The highest BCUT2D eigenvalue weighted by Gasteiger charge is 2.01. The Morgan fingerprint density at radius 3 is 2.64 bits per heavy atom. The molecule has 118 valence electrons. The summed E-state index contributed by atoms with van der Waals surface area (Å²) >= 11 is 0. The number of benzene rings is 1. The van der Waals surface area contributed by atoms with E-state index in [2.05, 4.69) is 20.2 Å². The van der Waals surface area contributed by atoms with Crippen LogP contribution < -0.4 is 10.6 Å². The molecule has 1 aromatic heterocycles.